The summed E-state index contributed by atoms with van der Waals surface area (Å²) in [5.41, 5.74) is 4.70. The lowest BCUT2D eigenvalue weighted by Crippen LogP contribution is -2.30. The third kappa shape index (κ3) is 5.24. The standard InChI is InChI=1S/C26H36FN3O3/c1-29(13-3-4-25(31)28-12-11-27)26(32)20-6-8-24-22(17-20)21-16-19(5-7-23(21)30(24)2)18-9-14-33-15-10-18/h6,8,17-19H,3-5,7,9-16H2,1-2H3,(H,28,31). The summed E-state index contributed by atoms with van der Waals surface area (Å²) in [7, 11) is 3.91. The van der Waals surface area contributed by atoms with Crippen LogP contribution in [-0.2, 0) is 29.4 Å². The maximum absolute atomic E-state index is 13.1. The van der Waals surface area contributed by atoms with E-state index in [-0.39, 0.29) is 24.8 Å². The topological polar surface area (TPSA) is 63.6 Å². The van der Waals surface area contributed by atoms with E-state index in [0.717, 1.165) is 44.8 Å². The maximum Gasteiger partial charge on any atom is 0.253 e. The van der Waals surface area contributed by atoms with Crippen LogP contribution in [0.15, 0.2) is 18.2 Å². The molecule has 1 saturated heterocycles. The van der Waals surface area contributed by atoms with E-state index in [1.165, 1.54) is 28.6 Å². The molecule has 2 amide bonds. The van der Waals surface area contributed by atoms with Crippen LogP contribution in [0.5, 0.6) is 0 Å². The maximum atomic E-state index is 13.1. The molecule has 1 N–H and O–H groups in total. The molecule has 0 bridgehead atoms. The molecular formula is C26H36FN3O3. The number of aryl methyl sites for hydroxylation is 1. The average molecular weight is 458 g/mol. The minimum Gasteiger partial charge on any atom is -0.381 e. The summed E-state index contributed by atoms with van der Waals surface area (Å²) >= 11 is 0. The molecular weight excluding hydrogens is 421 g/mol. The number of hydrogen-bond acceptors (Lipinski definition) is 3. The van der Waals surface area contributed by atoms with Crippen molar-refractivity contribution >= 4 is 22.7 Å². The summed E-state index contributed by atoms with van der Waals surface area (Å²) in [5, 5.41) is 3.72. The predicted octanol–water partition coefficient (Wildman–Crippen LogP) is 3.65. The van der Waals surface area contributed by atoms with E-state index in [1.807, 2.05) is 6.07 Å². The van der Waals surface area contributed by atoms with Crippen LogP contribution in [0.4, 0.5) is 4.39 Å². The van der Waals surface area contributed by atoms with E-state index in [2.05, 4.69) is 29.1 Å². The number of ether oxygens (including phenoxy) is 1. The van der Waals surface area contributed by atoms with Gasteiger partial charge >= 0.3 is 0 Å². The average Bonchev–Trinajstić information content (AvgIpc) is 3.13. The van der Waals surface area contributed by atoms with Crippen molar-refractivity contribution in [3.63, 3.8) is 0 Å². The van der Waals surface area contributed by atoms with Gasteiger partial charge in [0.1, 0.15) is 6.67 Å². The van der Waals surface area contributed by atoms with Gasteiger partial charge in [-0.15, -0.1) is 0 Å². The number of fused-ring (bicyclic) bond motifs is 3. The Morgan fingerprint density at radius 1 is 1.21 bits per heavy atom. The van der Waals surface area contributed by atoms with Gasteiger partial charge in [-0.05, 0) is 74.1 Å². The third-order valence-corrected chi connectivity index (χ3v) is 7.49. The number of hydrogen-bond donors (Lipinski definition) is 1. The van der Waals surface area contributed by atoms with Crippen LogP contribution in [0.25, 0.3) is 10.9 Å². The van der Waals surface area contributed by atoms with Crippen molar-refractivity contribution < 1.29 is 18.7 Å². The number of carbonyl (C=O) groups excluding carboxylic acids is 2. The van der Waals surface area contributed by atoms with E-state index < -0.39 is 6.67 Å². The normalized spacial score (nSPS) is 18.8. The number of rotatable bonds is 8. The van der Waals surface area contributed by atoms with Gasteiger partial charge in [0.2, 0.25) is 5.91 Å². The lowest BCUT2D eigenvalue weighted by molar-refractivity contribution is -0.121. The van der Waals surface area contributed by atoms with E-state index in [9.17, 15) is 14.0 Å². The van der Waals surface area contributed by atoms with Gasteiger partial charge in [-0.1, -0.05) is 0 Å². The first-order chi connectivity index (χ1) is 16.0. The van der Waals surface area contributed by atoms with Crippen molar-refractivity contribution in [2.45, 2.75) is 44.9 Å². The van der Waals surface area contributed by atoms with Gasteiger partial charge in [-0.2, -0.15) is 0 Å². The molecule has 1 aromatic carbocycles. The Morgan fingerprint density at radius 2 is 2.00 bits per heavy atom. The van der Waals surface area contributed by atoms with Crippen molar-refractivity contribution in [1.82, 2.24) is 14.8 Å². The molecule has 0 radical (unpaired) electrons. The second-order valence-electron chi connectivity index (χ2n) is 9.54. The van der Waals surface area contributed by atoms with Gasteiger partial charge in [-0.3, -0.25) is 9.59 Å². The van der Waals surface area contributed by atoms with Crippen molar-refractivity contribution in [2.24, 2.45) is 18.9 Å². The Hall–Kier alpha value is -2.41. The number of alkyl halides is 1. The fourth-order valence-electron chi connectivity index (χ4n) is 5.60. The van der Waals surface area contributed by atoms with Crippen LogP contribution in [0, 0.1) is 11.8 Å². The van der Waals surface area contributed by atoms with Crippen LogP contribution < -0.4 is 5.32 Å². The van der Waals surface area contributed by atoms with Crippen LogP contribution in [0.1, 0.15) is 53.7 Å². The molecule has 2 aromatic rings. The van der Waals surface area contributed by atoms with Gasteiger partial charge in [0.25, 0.3) is 5.91 Å². The number of aromatic nitrogens is 1. The zero-order chi connectivity index (χ0) is 23.4. The summed E-state index contributed by atoms with van der Waals surface area (Å²) in [4.78, 5) is 26.4. The first-order valence-electron chi connectivity index (χ1n) is 12.3. The van der Waals surface area contributed by atoms with Crippen molar-refractivity contribution in [3.8, 4) is 0 Å². The van der Waals surface area contributed by atoms with E-state index in [1.54, 1.807) is 11.9 Å². The van der Waals surface area contributed by atoms with Gasteiger partial charge in [-0.25, -0.2) is 4.39 Å². The first kappa shape index (κ1) is 23.7. The quantitative estimate of drug-likeness (QED) is 0.658. The molecule has 0 spiro atoms. The molecule has 1 aromatic heterocycles. The predicted molar refractivity (Wildman–Crippen MR) is 127 cm³/mol. The number of amides is 2. The minimum atomic E-state index is -0.564. The van der Waals surface area contributed by atoms with Crippen molar-refractivity contribution in [1.29, 1.82) is 0 Å². The van der Waals surface area contributed by atoms with Crippen molar-refractivity contribution in [3.05, 3.63) is 35.0 Å². The zero-order valence-electron chi connectivity index (χ0n) is 19.9. The minimum absolute atomic E-state index is 0.0320. The molecule has 1 aliphatic carbocycles. The second kappa shape index (κ2) is 10.7. The van der Waals surface area contributed by atoms with E-state index in [0.29, 0.717) is 24.4 Å². The molecule has 2 aliphatic rings. The molecule has 1 unspecified atom stereocenters. The molecule has 2 heterocycles. The molecule has 1 fully saturated rings. The van der Waals surface area contributed by atoms with Crippen LogP contribution in [-0.4, -0.2) is 61.3 Å². The Kier molecular flexibility index (Phi) is 7.68. The lowest BCUT2D eigenvalue weighted by Gasteiger charge is -2.33. The highest BCUT2D eigenvalue weighted by molar-refractivity contribution is 5.99. The molecule has 4 rings (SSSR count). The van der Waals surface area contributed by atoms with Gasteiger partial charge < -0.3 is 19.5 Å². The number of nitrogens with one attached hydrogen (secondary N) is 1. The smallest absolute Gasteiger partial charge is 0.253 e. The first-order valence-corrected chi connectivity index (χ1v) is 12.3. The largest absolute Gasteiger partial charge is 0.381 e. The summed E-state index contributed by atoms with van der Waals surface area (Å²) in [6.07, 6.45) is 6.56. The van der Waals surface area contributed by atoms with Gasteiger partial charge in [0, 0.05) is 69.0 Å². The summed E-state index contributed by atoms with van der Waals surface area (Å²) in [6.45, 7) is 1.73. The highest BCUT2D eigenvalue weighted by atomic mass is 19.1. The molecule has 6 nitrogen and oxygen atoms in total. The molecule has 33 heavy (non-hydrogen) atoms. The summed E-state index contributed by atoms with van der Waals surface area (Å²) < 4.78 is 20.0. The number of benzene rings is 1. The number of carbonyl (C=O) groups is 2. The Labute approximate surface area is 195 Å². The van der Waals surface area contributed by atoms with Crippen LogP contribution >= 0.6 is 0 Å². The monoisotopic (exact) mass is 457 g/mol. The molecule has 7 heteroatoms. The van der Waals surface area contributed by atoms with Crippen molar-refractivity contribution in [2.75, 3.05) is 40.0 Å². The molecule has 180 valence electrons. The number of halogens is 1. The van der Waals surface area contributed by atoms with E-state index in [4.69, 9.17) is 4.74 Å². The summed E-state index contributed by atoms with van der Waals surface area (Å²) in [5.74, 6) is 1.22. The van der Waals surface area contributed by atoms with Crippen LogP contribution in [0.2, 0.25) is 0 Å². The SMILES string of the molecule is CN(CCCC(=O)NCCF)C(=O)c1ccc2c(c1)c1c(n2C)CCC(C2CCOCC2)C1. The highest BCUT2D eigenvalue weighted by Crippen LogP contribution is 2.39. The zero-order valence-corrected chi connectivity index (χ0v) is 19.9. The van der Waals surface area contributed by atoms with Gasteiger partial charge in [0.05, 0.1) is 0 Å². The number of nitrogens with zero attached hydrogens (tertiary/aromatic N) is 2. The fraction of sp³-hybridized carbons (Fsp3) is 0.615. The lowest BCUT2D eigenvalue weighted by atomic mass is 9.75. The second-order valence-corrected chi connectivity index (χ2v) is 9.54. The highest BCUT2D eigenvalue weighted by Gasteiger charge is 2.31. The van der Waals surface area contributed by atoms with Crippen LogP contribution in [0.3, 0.4) is 0 Å². The Bertz CT molecular complexity index is 996. The molecule has 0 saturated carbocycles. The third-order valence-electron chi connectivity index (χ3n) is 7.49. The Morgan fingerprint density at radius 3 is 2.76 bits per heavy atom. The Balaban J connectivity index is 1.46. The summed E-state index contributed by atoms with van der Waals surface area (Å²) in [6, 6.07) is 6.05. The molecule has 1 aliphatic heterocycles. The van der Waals surface area contributed by atoms with E-state index >= 15 is 0 Å². The fourth-order valence-corrected chi connectivity index (χ4v) is 5.60. The van der Waals surface area contributed by atoms with Gasteiger partial charge in [0.15, 0.2) is 0 Å². The molecule has 1 atom stereocenters.